The summed E-state index contributed by atoms with van der Waals surface area (Å²) in [5, 5.41) is 2.63. The van der Waals surface area contributed by atoms with Crippen LogP contribution in [-0.2, 0) is 11.2 Å². The van der Waals surface area contributed by atoms with Gasteiger partial charge in [0.25, 0.3) is 0 Å². The molecular formula is C16H24N2O3. The molecule has 0 aliphatic heterocycles. The summed E-state index contributed by atoms with van der Waals surface area (Å²) >= 11 is 0. The standard InChI is InChI=1S/C16H24N2O3/c1-5-17-14(19)18(15(20)21-16(2,3)4)12-11-13-9-7-6-8-10-13/h6-10H,5,11-12H2,1-4H3,(H,17,19). The van der Waals surface area contributed by atoms with E-state index in [0.717, 1.165) is 10.5 Å². The Kier molecular flexibility index (Phi) is 6.21. The lowest BCUT2D eigenvalue weighted by Crippen LogP contribution is -2.46. The summed E-state index contributed by atoms with van der Waals surface area (Å²) in [4.78, 5) is 25.3. The van der Waals surface area contributed by atoms with Crippen LogP contribution in [0.4, 0.5) is 9.59 Å². The molecule has 0 atom stereocenters. The second-order valence-corrected chi connectivity index (χ2v) is 5.70. The summed E-state index contributed by atoms with van der Waals surface area (Å²) < 4.78 is 5.28. The van der Waals surface area contributed by atoms with Crippen LogP contribution in [0.1, 0.15) is 33.3 Å². The Morgan fingerprint density at radius 2 is 1.81 bits per heavy atom. The molecule has 0 heterocycles. The molecule has 1 rings (SSSR count). The van der Waals surface area contributed by atoms with Crippen molar-refractivity contribution in [2.45, 2.75) is 39.7 Å². The van der Waals surface area contributed by atoms with Gasteiger partial charge in [0.1, 0.15) is 5.60 Å². The Bertz CT molecular complexity index is 466. The Morgan fingerprint density at radius 1 is 1.19 bits per heavy atom. The number of hydrogen-bond acceptors (Lipinski definition) is 3. The number of carbonyl (C=O) groups excluding carboxylic acids is 2. The van der Waals surface area contributed by atoms with Crippen molar-refractivity contribution in [2.24, 2.45) is 0 Å². The van der Waals surface area contributed by atoms with Crippen molar-refractivity contribution < 1.29 is 14.3 Å². The molecule has 1 aromatic carbocycles. The zero-order valence-corrected chi connectivity index (χ0v) is 13.2. The van der Waals surface area contributed by atoms with E-state index in [-0.39, 0.29) is 6.54 Å². The predicted octanol–water partition coefficient (Wildman–Crippen LogP) is 3.20. The van der Waals surface area contributed by atoms with Gasteiger partial charge < -0.3 is 10.1 Å². The van der Waals surface area contributed by atoms with E-state index in [1.165, 1.54) is 0 Å². The Morgan fingerprint density at radius 3 is 2.33 bits per heavy atom. The van der Waals surface area contributed by atoms with Crippen molar-refractivity contribution >= 4 is 12.1 Å². The maximum absolute atomic E-state index is 12.1. The number of rotatable bonds is 4. The molecule has 0 bridgehead atoms. The number of carbonyl (C=O) groups is 2. The third-order valence-corrected chi connectivity index (χ3v) is 2.65. The minimum atomic E-state index is -0.630. The predicted molar refractivity (Wildman–Crippen MR) is 82.2 cm³/mol. The highest BCUT2D eigenvalue weighted by molar-refractivity contribution is 5.91. The van der Waals surface area contributed by atoms with E-state index in [4.69, 9.17) is 4.74 Å². The Hall–Kier alpha value is -2.04. The van der Waals surface area contributed by atoms with Crippen molar-refractivity contribution in [3.05, 3.63) is 35.9 Å². The number of ether oxygens (including phenoxy) is 1. The van der Waals surface area contributed by atoms with Gasteiger partial charge in [-0.2, -0.15) is 0 Å². The van der Waals surface area contributed by atoms with Crippen molar-refractivity contribution in [3.63, 3.8) is 0 Å². The topological polar surface area (TPSA) is 58.6 Å². The first-order valence-corrected chi connectivity index (χ1v) is 7.15. The van der Waals surface area contributed by atoms with Crippen LogP contribution in [0.2, 0.25) is 0 Å². The second kappa shape index (κ2) is 7.67. The molecule has 0 aliphatic rings. The molecule has 5 heteroatoms. The van der Waals surface area contributed by atoms with Gasteiger partial charge in [-0.3, -0.25) is 0 Å². The highest BCUT2D eigenvalue weighted by atomic mass is 16.6. The van der Waals surface area contributed by atoms with Crippen LogP contribution >= 0.6 is 0 Å². The van der Waals surface area contributed by atoms with E-state index in [1.54, 1.807) is 20.8 Å². The summed E-state index contributed by atoms with van der Waals surface area (Å²) in [5.74, 6) is 0. The number of hydrogen-bond donors (Lipinski definition) is 1. The van der Waals surface area contributed by atoms with Crippen molar-refractivity contribution in [2.75, 3.05) is 13.1 Å². The molecule has 21 heavy (non-hydrogen) atoms. The first kappa shape index (κ1) is 17.0. The Labute approximate surface area is 126 Å². The van der Waals surface area contributed by atoms with Crippen LogP contribution in [0.15, 0.2) is 30.3 Å². The zero-order chi connectivity index (χ0) is 15.9. The highest BCUT2D eigenvalue weighted by Crippen LogP contribution is 2.11. The van der Waals surface area contributed by atoms with E-state index in [0.29, 0.717) is 13.0 Å². The van der Waals surface area contributed by atoms with Crippen LogP contribution in [0.5, 0.6) is 0 Å². The van der Waals surface area contributed by atoms with E-state index in [1.807, 2.05) is 37.3 Å². The van der Waals surface area contributed by atoms with Gasteiger partial charge in [0.05, 0.1) is 0 Å². The maximum Gasteiger partial charge on any atom is 0.418 e. The lowest BCUT2D eigenvalue weighted by atomic mass is 10.1. The molecular weight excluding hydrogens is 268 g/mol. The van der Waals surface area contributed by atoms with Gasteiger partial charge in [-0.15, -0.1) is 0 Å². The number of nitrogens with one attached hydrogen (secondary N) is 1. The molecule has 3 amide bonds. The fourth-order valence-corrected chi connectivity index (χ4v) is 1.73. The smallest absolute Gasteiger partial charge is 0.418 e. The molecule has 116 valence electrons. The SMILES string of the molecule is CCNC(=O)N(CCc1ccccc1)C(=O)OC(C)(C)C. The first-order chi connectivity index (χ1) is 9.83. The van der Waals surface area contributed by atoms with Gasteiger partial charge in [0.2, 0.25) is 0 Å². The molecule has 0 unspecified atom stereocenters. The van der Waals surface area contributed by atoms with Crippen LogP contribution in [0, 0.1) is 0 Å². The van der Waals surface area contributed by atoms with Gasteiger partial charge in [-0.1, -0.05) is 30.3 Å². The first-order valence-electron chi connectivity index (χ1n) is 7.15. The van der Waals surface area contributed by atoms with Gasteiger partial charge in [-0.25, -0.2) is 14.5 Å². The molecule has 0 fully saturated rings. The maximum atomic E-state index is 12.1. The molecule has 0 aromatic heterocycles. The number of urea groups is 1. The van der Waals surface area contributed by atoms with E-state index in [9.17, 15) is 9.59 Å². The van der Waals surface area contributed by atoms with Gasteiger partial charge in [-0.05, 0) is 39.7 Å². The fourth-order valence-electron chi connectivity index (χ4n) is 1.73. The summed E-state index contributed by atoms with van der Waals surface area (Å²) in [6.07, 6.45) is -0.0265. The second-order valence-electron chi connectivity index (χ2n) is 5.70. The largest absolute Gasteiger partial charge is 0.443 e. The molecule has 0 saturated carbocycles. The van der Waals surface area contributed by atoms with Crippen molar-refractivity contribution in [1.82, 2.24) is 10.2 Å². The number of amides is 3. The third kappa shape index (κ3) is 6.29. The monoisotopic (exact) mass is 292 g/mol. The molecule has 1 aromatic rings. The average Bonchev–Trinajstić information content (AvgIpc) is 2.38. The molecule has 0 saturated heterocycles. The molecule has 1 N–H and O–H groups in total. The molecule has 0 spiro atoms. The van der Waals surface area contributed by atoms with Crippen molar-refractivity contribution in [1.29, 1.82) is 0 Å². The summed E-state index contributed by atoms with van der Waals surface area (Å²) in [6, 6.07) is 9.29. The van der Waals surface area contributed by atoms with Gasteiger partial charge in [0.15, 0.2) is 0 Å². The quantitative estimate of drug-likeness (QED) is 0.927. The molecule has 0 radical (unpaired) electrons. The number of imide groups is 1. The van der Waals surface area contributed by atoms with E-state index in [2.05, 4.69) is 5.32 Å². The zero-order valence-electron chi connectivity index (χ0n) is 13.2. The van der Waals surface area contributed by atoms with Crippen LogP contribution in [-0.4, -0.2) is 35.7 Å². The highest BCUT2D eigenvalue weighted by Gasteiger charge is 2.26. The Balaban J connectivity index is 2.73. The summed E-state index contributed by atoms with van der Waals surface area (Å²) in [5.41, 5.74) is 0.435. The van der Waals surface area contributed by atoms with Gasteiger partial charge in [0, 0.05) is 13.1 Å². The number of nitrogens with zero attached hydrogens (tertiary/aromatic N) is 1. The number of benzene rings is 1. The van der Waals surface area contributed by atoms with Gasteiger partial charge >= 0.3 is 12.1 Å². The normalized spacial score (nSPS) is 10.9. The molecule has 5 nitrogen and oxygen atoms in total. The fraction of sp³-hybridized carbons (Fsp3) is 0.500. The van der Waals surface area contributed by atoms with Crippen LogP contribution < -0.4 is 5.32 Å². The summed E-state index contributed by atoms with van der Waals surface area (Å²) in [6.45, 7) is 7.88. The van der Waals surface area contributed by atoms with E-state index >= 15 is 0 Å². The van der Waals surface area contributed by atoms with E-state index < -0.39 is 17.7 Å². The van der Waals surface area contributed by atoms with Crippen LogP contribution in [0.25, 0.3) is 0 Å². The lowest BCUT2D eigenvalue weighted by molar-refractivity contribution is 0.0323. The minimum absolute atomic E-state index is 0.283. The lowest BCUT2D eigenvalue weighted by Gasteiger charge is -2.26. The van der Waals surface area contributed by atoms with Crippen LogP contribution in [0.3, 0.4) is 0 Å². The third-order valence-electron chi connectivity index (χ3n) is 2.65. The minimum Gasteiger partial charge on any atom is -0.443 e. The van der Waals surface area contributed by atoms with Crippen molar-refractivity contribution in [3.8, 4) is 0 Å². The molecule has 0 aliphatic carbocycles. The average molecular weight is 292 g/mol. The summed E-state index contributed by atoms with van der Waals surface area (Å²) in [7, 11) is 0.